The highest BCUT2D eigenvalue weighted by atomic mass is 127. The number of rotatable bonds is 6. The smallest absolute Gasteiger partial charge is 0.0656 e. The summed E-state index contributed by atoms with van der Waals surface area (Å²) in [6.07, 6.45) is 3.32. The van der Waals surface area contributed by atoms with Crippen LogP contribution in [-0.4, -0.2) is 0 Å². The van der Waals surface area contributed by atoms with Gasteiger partial charge in [-0.05, 0) is 64.4 Å². The Hall–Kier alpha value is -0.430. The molecule has 4 heteroatoms. The third-order valence-electron chi connectivity index (χ3n) is 2.99. The summed E-state index contributed by atoms with van der Waals surface area (Å²) in [5.41, 5.74) is 5.62. The molecule has 0 aliphatic heterocycles. The quantitative estimate of drug-likeness (QED) is 0.459. The number of benzene rings is 1. The number of halogens is 1. The maximum Gasteiger partial charge on any atom is 0.0656 e. The van der Waals surface area contributed by atoms with Crippen LogP contribution in [0.25, 0.3) is 0 Å². The molecule has 0 saturated carbocycles. The van der Waals surface area contributed by atoms with Gasteiger partial charge in [-0.2, -0.15) is 0 Å². The molecule has 1 aromatic carbocycles. The lowest BCUT2D eigenvalue weighted by atomic mass is 10.0. The molecule has 18 heavy (non-hydrogen) atoms. The Morgan fingerprint density at radius 1 is 1.28 bits per heavy atom. The highest BCUT2D eigenvalue weighted by Gasteiger charge is 2.10. The maximum atomic E-state index is 5.65. The lowest BCUT2D eigenvalue weighted by Gasteiger charge is -2.14. The minimum absolute atomic E-state index is 0.272. The average Bonchev–Trinajstić information content (AvgIpc) is 2.82. The van der Waals surface area contributed by atoms with Gasteiger partial charge in [-0.25, -0.2) is 0 Å². The number of aryl methyl sites for hydroxylation is 1. The van der Waals surface area contributed by atoms with Gasteiger partial charge in [0.15, 0.2) is 0 Å². The summed E-state index contributed by atoms with van der Waals surface area (Å²) in [7, 11) is 0. The Labute approximate surface area is 126 Å². The zero-order chi connectivity index (χ0) is 12.8. The molecule has 1 atom stereocenters. The van der Waals surface area contributed by atoms with Gasteiger partial charge < -0.3 is 0 Å². The van der Waals surface area contributed by atoms with Gasteiger partial charge in [0.1, 0.15) is 0 Å². The zero-order valence-corrected chi connectivity index (χ0v) is 13.1. The lowest BCUT2D eigenvalue weighted by Crippen LogP contribution is -2.27. The van der Waals surface area contributed by atoms with Crippen molar-refractivity contribution in [3.05, 3.63) is 55.8 Å². The van der Waals surface area contributed by atoms with Crippen molar-refractivity contribution in [2.24, 2.45) is 5.84 Å². The fraction of sp³-hybridized carbons (Fsp3) is 0.286. The molecule has 0 saturated heterocycles. The van der Waals surface area contributed by atoms with Gasteiger partial charge in [-0.3, -0.25) is 11.3 Å². The van der Waals surface area contributed by atoms with Gasteiger partial charge in [-0.15, -0.1) is 11.3 Å². The molecule has 96 valence electrons. The predicted molar refractivity (Wildman–Crippen MR) is 86.5 cm³/mol. The van der Waals surface area contributed by atoms with Crippen molar-refractivity contribution >= 4 is 33.9 Å². The van der Waals surface area contributed by atoms with Crippen molar-refractivity contribution in [3.8, 4) is 0 Å². The van der Waals surface area contributed by atoms with Crippen LogP contribution >= 0.6 is 33.9 Å². The van der Waals surface area contributed by atoms with Crippen molar-refractivity contribution < 1.29 is 0 Å². The van der Waals surface area contributed by atoms with Crippen molar-refractivity contribution in [3.63, 3.8) is 0 Å². The number of hydrogen-bond donors (Lipinski definition) is 2. The van der Waals surface area contributed by atoms with Gasteiger partial charge in [0, 0.05) is 6.04 Å². The van der Waals surface area contributed by atoms with Gasteiger partial charge in [0.05, 0.1) is 2.88 Å². The third kappa shape index (κ3) is 4.05. The summed E-state index contributed by atoms with van der Waals surface area (Å²) in [4.78, 5) is 0. The van der Waals surface area contributed by atoms with E-state index in [1.807, 2.05) is 0 Å². The van der Waals surface area contributed by atoms with E-state index in [-0.39, 0.29) is 6.04 Å². The van der Waals surface area contributed by atoms with Crippen LogP contribution in [0, 0.1) is 2.88 Å². The van der Waals surface area contributed by atoms with Gasteiger partial charge in [0.25, 0.3) is 0 Å². The number of hydrazine groups is 1. The Bertz CT molecular complexity index is 470. The van der Waals surface area contributed by atoms with E-state index >= 15 is 0 Å². The van der Waals surface area contributed by atoms with Crippen molar-refractivity contribution in [2.45, 2.75) is 25.3 Å². The maximum absolute atomic E-state index is 5.65. The topological polar surface area (TPSA) is 38.0 Å². The van der Waals surface area contributed by atoms with E-state index in [4.69, 9.17) is 5.84 Å². The molecule has 1 aromatic heterocycles. The Morgan fingerprint density at radius 3 is 2.67 bits per heavy atom. The normalized spacial score (nSPS) is 12.6. The van der Waals surface area contributed by atoms with E-state index in [1.54, 1.807) is 11.3 Å². The van der Waals surface area contributed by atoms with Crippen LogP contribution in [0.15, 0.2) is 41.8 Å². The summed E-state index contributed by atoms with van der Waals surface area (Å²) >= 11 is 4.12. The second kappa shape index (κ2) is 7.23. The summed E-state index contributed by atoms with van der Waals surface area (Å²) in [5, 5.41) is 2.19. The molecule has 2 aromatic rings. The van der Waals surface area contributed by atoms with Crippen LogP contribution in [0.3, 0.4) is 0 Å². The van der Waals surface area contributed by atoms with E-state index in [1.165, 1.54) is 14.0 Å². The van der Waals surface area contributed by atoms with Crippen molar-refractivity contribution in [2.75, 3.05) is 0 Å². The molecule has 0 amide bonds. The number of thiophene rings is 1. The first kappa shape index (κ1) is 14.0. The summed E-state index contributed by atoms with van der Waals surface area (Å²) in [6.45, 7) is 0. The number of nitrogens with two attached hydrogens (primary N) is 1. The molecule has 0 aliphatic rings. The van der Waals surface area contributed by atoms with Crippen molar-refractivity contribution in [1.82, 2.24) is 5.43 Å². The van der Waals surface area contributed by atoms with Crippen LogP contribution in [0.4, 0.5) is 0 Å². The average molecular weight is 372 g/mol. The SMILES string of the molecule is NNC(CCCc1ccccc1)c1csc(I)c1. The summed E-state index contributed by atoms with van der Waals surface area (Å²) < 4.78 is 1.31. The largest absolute Gasteiger partial charge is 0.271 e. The molecular formula is C14H17IN2S. The summed E-state index contributed by atoms with van der Waals surface area (Å²) in [6, 6.07) is 13.1. The van der Waals surface area contributed by atoms with E-state index in [9.17, 15) is 0 Å². The highest BCUT2D eigenvalue weighted by molar-refractivity contribution is 14.1. The van der Waals surface area contributed by atoms with E-state index < -0.39 is 0 Å². The Morgan fingerprint density at radius 2 is 2.06 bits per heavy atom. The molecule has 0 bridgehead atoms. The minimum atomic E-state index is 0.272. The second-order valence-electron chi connectivity index (χ2n) is 4.28. The first-order valence-corrected chi connectivity index (χ1v) is 7.99. The lowest BCUT2D eigenvalue weighted by molar-refractivity contribution is 0.499. The zero-order valence-electron chi connectivity index (χ0n) is 10.1. The van der Waals surface area contributed by atoms with Crippen LogP contribution in [-0.2, 0) is 6.42 Å². The first-order valence-electron chi connectivity index (χ1n) is 6.03. The molecule has 3 N–H and O–H groups in total. The summed E-state index contributed by atoms with van der Waals surface area (Å²) in [5.74, 6) is 5.65. The molecule has 1 heterocycles. The van der Waals surface area contributed by atoms with Gasteiger partial charge in [0.2, 0.25) is 0 Å². The molecular weight excluding hydrogens is 355 g/mol. The molecule has 0 aliphatic carbocycles. The van der Waals surface area contributed by atoms with Crippen LogP contribution in [0.1, 0.15) is 30.0 Å². The fourth-order valence-electron chi connectivity index (χ4n) is 2.01. The minimum Gasteiger partial charge on any atom is -0.271 e. The molecule has 0 spiro atoms. The van der Waals surface area contributed by atoms with Gasteiger partial charge in [-0.1, -0.05) is 30.3 Å². The Kier molecular flexibility index (Phi) is 5.62. The molecule has 2 rings (SSSR count). The van der Waals surface area contributed by atoms with Crippen LogP contribution in [0.5, 0.6) is 0 Å². The number of hydrogen-bond acceptors (Lipinski definition) is 3. The number of nitrogens with one attached hydrogen (secondary N) is 1. The van der Waals surface area contributed by atoms with Crippen molar-refractivity contribution in [1.29, 1.82) is 0 Å². The molecule has 1 unspecified atom stereocenters. The standard InChI is InChI=1S/C14H17IN2S/c15-14-9-12(10-18-14)13(17-16)8-4-7-11-5-2-1-3-6-11/h1-3,5-6,9-10,13,17H,4,7-8,16H2. The second-order valence-corrected chi connectivity index (χ2v) is 7.09. The van der Waals surface area contributed by atoms with E-state index in [0.717, 1.165) is 19.3 Å². The predicted octanol–water partition coefficient (Wildman–Crippen LogP) is 3.88. The molecule has 0 radical (unpaired) electrons. The first-order chi connectivity index (χ1) is 8.79. The molecule has 2 nitrogen and oxygen atoms in total. The fourth-order valence-corrected chi connectivity index (χ4v) is 3.43. The third-order valence-corrected chi connectivity index (χ3v) is 4.80. The van der Waals surface area contributed by atoms with Crippen LogP contribution < -0.4 is 11.3 Å². The van der Waals surface area contributed by atoms with E-state index in [0.29, 0.717) is 0 Å². The monoisotopic (exact) mass is 372 g/mol. The highest BCUT2D eigenvalue weighted by Crippen LogP contribution is 2.25. The Balaban J connectivity index is 1.85. The van der Waals surface area contributed by atoms with Gasteiger partial charge >= 0.3 is 0 Å². The van der Waals surface area contributed by atoms with E-state index in [2.05, 4.69) is 69.8 Å². The molecule has 0 fully saturated rings. The van der Waals surface area contributed by atoms with Crippen LogP contribution in [0.2, 0.25) is 0 Å².